The van der Waals surface area contributed by atoms with Gasteiger partial charge in [-0.05, 0) is 55.5 Å². The number of benzene rings is 1. The maximum atomic E-state index is 12.5. The summed E-state index contributed by atoms with van der Waals surface area (Å²) in [5.41, 5.74) is 1.82. The van der Waals surface area contributed by atoms with Gasteiger partial charge in [0.25, 0.3) is 0 Å². The summed E-state index contributed by atoms with van der Waals surface area (Å²) in [6.07, 6.45) is 4.62. The highest BCUT2D eigenvalue weighted by molar-refractivity contribution is 7.14. The summed E-state index contributed by atoms with van der Waals surface area (Å²) in [6, 6.07) is 7.04. The highest BCUT2D eigenvalue weighted by Crippen LogP contribution is 2.32. The number of hydrogen-bond acceptors (Lipinski definition) is 2. The summed E-state index contributed by atoms with van der Waals surface area (Å²) in [6.45, 7) is 0. The molecule has 1 nitrogen and oxygen atoms in total. The van der Waals surface area contributed by atoms with Crippen molar-refractivity contribution >= 4 is 40.3 Å². The van der Waals surface area contributed by atoms with Crippen LogP contribution in [0.1, 0.15) is 38.5 Å². The number of rotatable bonds is 2. The van der Waals surface area contributed by atoms with E-state index in [-0.39, 0.29) is 5.78 Å². The molecule has 0 unspecified atom stereocenters. The zero-order chi connectivity index (χ0) is 13.4. The lowest BCUT2D eigenvalue weighted by atomic mass is 9.98. The first kappa shape index (κ1) is 13.2. The van der Waals surface area contributed by atoms with E-state index >= 15 is 0 Å². The Morgan fingerprint density at radius 2 is 1.89 bits per heavy atom. The molecule has 0 saturated carbocycles. The van der Waals surface area contributed by atoms with Gasteiger partial charge in [0, 0.05) is 15.5 Å². The number of carbonyl (C=O) groups excluding carboxylic acids is 1. The van der Waals surface area contributed by atoms with Crippen LogP contribution in [0.2, 0.25) is 10.0 Å². The third-order valence-corrected chi connectivity index (χ3v) is 5.19. The summed E-state index contributed by atoms with van der Waals surface area (Å²) < 4.78 is 0. The highest BCUT2D eigenvalue weighted by atomic mass is 35.5. The standard InChI is InChI=1S/C15H12Cl2OS/c16-10-5-6-12(17)11(8-10)15(18)14-7-9-3-1-2-4-13(9)19-14/h5-8H,1-4H2. The molecule has 3 rings (SSSR count). The molecule has 1 aliphatic carbocycles. The first-order valence-corrected chi connectivity index (χ1v) is 7.84. The van der Waals surface area contributed by atoms with Gasteiger partial charge in [-0.25, -0.2) is 0 Å². The second-order valence-electron chi connectivity index (χ2n) is 4.72. The lowest BCUT2D eigenvalue weighted by molar-refractivity contribution is 0.104. The molecule has 1 heterocycles. The van der Waals surface area contributed by atoms with Crippen LogP contribution in [0.15, 0.2) is 24.3 Å². The van der Waals surface area contributed by atoms with Crippen molar-refractivity contribution in [3.63, 3.8) is 0 Å². The average molecular weight is 311 g/mol. The zero-order valence-electron chi connectivity index (χ0n) is 10.2. The third kappa shape index (κ3) is 2.58. The Morgan fingerprint density at radius 3 is 2.68 bits per heavy atom. The van der Waals surface area contributed by atoms with Gasteiger partial charge < -0.3 is 0 Å². The van der Waals surface area contributed by atoms with Crippen molar-refractivity contribution in [2.45, 2.75) is 25.7 Å². The SMILES string of the molecule is O=C(c1cc2c(s1)CCCC2)c1cc(Cl)ccc1Cl. The van der Waals surface area contributed by atoms with E-state index in [9.17, 15) is 4.79 Å². The average Bonchev–Trinajstić information content (AvgIpc) is 2.84. The molecule has 4 heteroatoms. The highest BCUT2D eigenvalue weighted by Gasteiger charge is 2.20. The van der Waals surface area contributed by atoms with E-state index < -0.39 is 0 Å². The molecule has 0 bridgehead atoms. The van der Waals surface area contributed by atoms with Crippen LogP contribution in [0, 0.1) is 0 Å². The predicted octanol–water partition coefficient (Wildman–Crippen LogP) is 5.16. The Kier molecular flexibility index (Phi) is 3.66. The van der Waals surface area contributed by atoms with E-state index in [2.05, 4.69) is 0 Å². The first-order chi connectivity index (χ1) is 9.15. The number of halogens is 2. The molecule has 1 aromatic heterocycles. The second kappa shape index (κ2) is 5.28. The molecule has 1 aromatic carbocycles. The minimum Gasteiger partial charge on any atom is -0.288 e. The van der Waals surface area contributed by atoms with E-state index in [1.54, 1.807) is 29.5 Å². The van der Waals surface area contributed by atoms with Crippen molar-refractivity contribution in [1.29, 1.82) is 0 Å². The molecule has 1 aliphatic rings. The van der Waals surface area contributed by atoms with Crippen LogP contribution in [0.5, 0.6) is 0 Å². The molecule has 19 heavy (non-hydrogen) atoms. The molecule has 0 fully saturated rings. The van der Waals surface area contributed by atoms with Crippen LogP contribution in [-0.4, -0.2) is 5.78 Å². The molecule has 2 aromatic rings. The van der Waals surface area contributed by atoms with Crippen molar-refractivity contribution in [1.82, 2.24) is 0 Å². The van der Waals surface area contributed by atoms with Gasteiger partial charge in [0.2, 0.25) is 5.78 Å². The monoisotopic (exact) mass is 310 g/mol. The Hall–Kier alpha value is -0.830. The molecular weight excluding hydrogens is 299 g/mol. The van der Waals surface area contributed by atoms with Gasteiger partial charge >= 0.3 is 0 Å². The molecule has 0 saturated heterocycles. The second-order valence-corrected chi connectivity index (χ2v) is 6.70. The number of ketones is 1. The van der Waals surface area contributed by atoms with Gasteiger partial charge in [0.05, 0.1) is 9.90 Å². The molecule has 98 valence electrons. The van der Waals surface area contributed by atoms with Gasteiger partial charge in [-0.1, -0.05) is 23.2 Å². The maximum Gasteiger partial charge on any atom is 0.204 e. The van der Waals surface area contributed by atoms with Crippen LogP contribution in [0.4, 0.5) is 0 Å². The van der Waals surface area contributed by atoms with Gasteiger partial charge in [0.1, 0.15) is 0 Å². The largest absolute Gasteiger partial charge is 0.288 e. The van der Waals surface area contributed by atoms with Crippen molar-refractivity contribution < 1.29 is 4.79 Å². The molecule has 0 aliphatic heterocycles. The fourth-order valence-electron chi connectivity index (χ4n) is 2.41. The van der Waals surface area contributed by atoms with Crippen molar-refractivity contribution in [3.8, 4) is 0 Å². The van der Waals surface area contributed by atoms with E-state index in [4.69, 9.17) is 23.2 Å². The van der Waals surface area contributed by atoms with Gasteiger partial charge in [-0.15, -0.1) is 11.3 Å². The molecule has 0 atom stereocenters. The Labute approximate surface area is 126 Å². The van der Waals surface area contributed by atoms with Gasteiger partial charge in [-0.2, -0.15) is 0 Å². The van der Waals surface area contributed by atoms with Crippen molar-refractivity contribution in [3.05, 3.63) is 55.2 Å². The summed E-state index contributed by atoms with van der Waals surface area (Å²) >= 11 is 13.6. The maximum absolute atomic E-state index is 12.5. The van der Waals surface area contributed by atoms with E-state index in [1.807, 2.05) is 6.07 Å². The first-order valence-electron chi connectivity index (χ1n) is 6.26. The predicted molar refractivity (Wildman–Crippen MR) is 80.9 cm³/mol. The molecule has 0 radical (unpaired) electrons. The van der Waals surface area contributed by atoms with Crippen LogP contribution >= 0.6 is 34.5 Å². The molecule has 0 spiro atoms. The normalized spacial score (nSPS) is 14.2. The van der Waals surface area contributed by atoms with Crippen molar-refractivity contribution in [2.75, 3.05) is 0 Å². The fraction of sp³-hybridized carbons (Fsp3) is 0.267. The Morgan fingerprint density at radius 1 is 1.11 bits per heavy atom. The fourth-order valence-corrected chi connectivity index (χ4v) is 3.99. The Bertz CT molecular complexity index is 622. The minimum atomic E-state index is -0.0214. The topological polar surface area (TPSA) is 17.1 Å². The van der Waals surface area contributed by atoms with Gasteiger partial charge in [0.15, 0.2) is 0 Å². The van der Waals surface area contributed by atoms with E-state index in [0.29, 0.717) is 15.6 Å². The number of aryl methyl sites for hydroxylation is 2. The molecular formula is C15H12Cl2OS. The summed E-state index contributed by atoms with van der Waals surface area (Å²) in [4.78, 5) is 14.6. The molecule has 0 amide bonds. The van der Waals surface area contributed by atoms with Crippen LogP contribution in [0.3, 0.4) is 0 Å². The van der Waals surface area contributed by atoms with Crippen LogP contribution in [0.25, 0.3) is 0 Å². The third-order valence-electron chi connectivity index (χ3n) is 3.39. The number of carbonyl (C=O) groups is 1. The van der Waals surface area contributed by atoms with Gasteiger partial charge in [-0.3, -0.25) is 4.79 Å². The summed E-state index contributed by atoms with van der Waals surface area (Å²) in [7, 11) is 0. The lowest BCUT2D eigenvalue weighted by Gasteiger charge is -2.08. The van der Waals surface area contributed by atoms with E-state index in [0.717, 1.165) is 17.7 Å². The number of thiophene rings is 1. The smallest absolute Gasteiger partial charge is 0.204 e. The quantitative estimate of drug-likeness (QED) is 0.700. The Balaban J connectivity index is 1.99. The number of hydrogen-bond donors (Lipinski definition) is 0. The van der Waals surface area contributed by atoms with Crippen molar-refractivity contribution in [2.24, 2.45) is 0 Å². The molecule has 0 N–H and O–H groups in total. The van der Waals surface area contributed by atoms with Crippen LogP contribution in [-0.2, 0) is 12.8 Å². The van der Waals surface area contributed by atoms with Crippen LogP contribution < -0.4 is 0 Å². The lowest BCUT2D eigenvalue weighted by Crippen LogP contribution is -1.99. The minimum absolute atomic E-state index is 0.0214. The summed E-state index contributed by atoms with van der Waals surface area (Å²) in [5.74, 6) is -0.0214. The summed E-state index contributed by atoms with van der Waals surface area (Å²) in [5, 5.41) is 0.995. The number of fused-ring (bicyclic) bond motifs is 1. The van der Waals surface area contributed by atoms with E-state index in [1.165, 1.54) is 23.3 Å². The zero-order valence-corrected chi connectivity index (χ0v) is 12.5.